The number of carbonyl (C=O) groups is 1. The van der Waals surface area contributed by atoms with Crippen LogP contribution in [-0.4, -0.2) is 31.9 Å². The highest BCUT2D eigenvalue weighted by Crippen LogP contribution is 2.10. The molecular weight excluding hydrogens is 292 g/mol. The zero-order valence-corrected chi connectivity index (χ0v) is 12.6. The highest BCUT2D eigenvalue weighted by Gasteiger charge is 2.02. The quantitative estimate of drug-likeness (QED) is 0.730. The molecule has 0 bridgehead atoms. The van der Waals surface area contributed by atoms with Crippen LogP contribution in [0.25, 0.3) is 0 Å². The number of amides is 2. The number of aromatic nitrogens is 4. The Morgan fingerprint density at radius 1 is 1.13 bits per heavy atom. The number of hydrogen-bond acceptors (Lipinski definition) is 3. The van der Waals surface area contributed by atoms with Gasteiger partial charge in [0.2, 0.25) is 0 Å². The molecule has 2 N–H and O–H groups in total. The summed E-state index contributed by atoms with van der Waals surface area (Å²) in [5, 5.41) is 9.79. The summed E-state index contributed by atoms with van der Waals surface area (Å²) in [5.74, 6) is 0. The largest absolute Gasteiger partial charge is 0.336 e. The van der Waals surface area contributed by atoms with E-state index in [1.54, 1.807) is 18.7 Å². The van der Waals surface area contributed by atoms with Crippen molar-refractivity contribution in [1.82, 2.24) is 24.6 Å². The molecule has 0 aliphatic carbocycles. The fraction of sp³-hybridized carbons (Fsp3) is 0.188. The van der Waals surface area contributed by atoms with E-state index < -0.39 is 0 Å². The Labute approximate surface area is 134 Å². The molecule has 0 atom stereocenters. The van der Waals surface area contributed by atoms with Gasteiger partial charge >= 0.3 is 6.03 Å². The van der Waals surface area contributed by atoms with Crippen molar-refractivity contribution in [2.45, 2.75) is 13.1 Å². The summed E-state index contributed by atoms with van der Waals surface area (Å²) in [6, 6.07) is 9.39. The molecule has 0 unspecified atom stereocenters. The predicted molar refractivity (Wildman–Crippen MR) is 87.0 cm³/mol. The third-order valence-corrected chi connectivity index (χ3v) is 3.33. The third kappa shape index (κ3) is 4.44. The molecule has 2 amide bonds. The monoisotopic (exact) mass is 310 g/mol. The van der Waals surface area contributed by atoms with Gasteiger partial charge in [0.05, 0.1) is 12.9 Å². The lowest BCUT2D eigenvalue weighted by Gasteiger charge is -2.09. The van der Waals surface area contributed by atoms with Crippen LogP contribution in [0.5, 0.6) is 0 Å². The van der Waals surface area contributed by atoms with Crippen molar-refractivity contribution >= 4 is 11.7 Å². The second-order valence-corrected chi connectivity index (χ2v) is 5.08. The fourth-order valence-electron chi connectivity index (χ4n) is 2.17. The van der Waals surface area contributed by atoms with E-state index in [4.69, 9.17) is 0 Å². The van der Waals surface area contributed by atoms with Crippen LogP contribution in [-0.2, 0) is 13.1 Å². The van der Waals surface area contributed by atoms with E-state index in [2.05, 4.69) is 20.7 Å². The number of anilines is 1. The minimum Gasteiger partial charge on any atom is -0.336 e. The zero-order chi connectivity index (χ0) is 15.9. The van der Waals surface area contributed by atoms with Crippen LogP contribution in [0.2, 0.25) is 0 Å². The van der Waals surface area contributed by atoms with Crippen LogP contribution in [0.3, 0.4) is 0 Å². The lowest BCUT2D eigenvalue weighted by Crippen LogP contribution is -2.31. The Kier molecular flexibility index (Phi) is 4.68. The number of nitrogens with one attached hydrogen (secondary N) is 2. The van der Waals surface area contributed by atoms with Crippen molar-refractivity contribution in [3.05, 3.63) is 67.0 Å². The summed E-state index contributed by atoms with van der Waals surface area (Å²) in [5.41, 5.74) is 1.88. The first-order valence-corrected chi connectivity index (χ1v) is 7.36. The number of urea groups is 1. The maximum absolute atomic E-state index is 11.8. The molecule has 2 heterocycles. The minimum atomic E-state index is -0.218. The topological polar surface area (TPSA) is 76.8 Å². The average molecular weight is 310 g/mol. The Bertz CT molecular complexity index is 719. The number of nitrogens with zero attached hydrogens (tertiary/aromatic N) is 4. The van der Waals surface area contributed by atoms with Gasteiger partial charge < -0.3 is 15.2 Å². The highest BCUT2D eigenvalue weighted by molar-refractivity contribution is 5.89. The fourth-order valence-corrected chi connectivity index (χ4v) is 2.17. The van der Waals surface area contributed by atoms with Gasteiger partial charge in [-0.25, -0.2) is 9.78 Å². The van der Waals surface area contributed by atoms with Gasteiger partial charge in [-0.15, -0.1) is 0 Å². The first kappa shape index (κ1) is 14.8. The van der Waals surface area contributed by atoms with Gasteiger partial charge in [-0.2, -0.15) is 5.10 Å². The summed E-state index contributed by atoms with van der Waals surface area (Å²) in [7, 11) is 0. The van der Waals surface area contributed by atoms with Gasteiger partial charge in [-0.05, 0) is 23.8 Å². The van der Waals surface area contributed by atoms with Gasteiger partial charge in [0.25, 0.3) is 0 Å². The van der Waals surface area contributed by atoms with Crippen molar-refractivity contribution < 1.29 is 4.79 Å². The SMILES string of the molecule is O=C(NCCn1ccnc1)Nc1ccc(Cn2cccn2)cc1. The number of hydrogen-bond donors (Lipinski definition) is 2. The molecule has 2 aromatic heterocycles. The van der Waals surface area contributed by atoms with Gasteiger partial charge in [0.1, 0.15) is 0 Å². The lowest BCUT2D eigenvalue weighted by atomic mass is 10.2. The second kappa shape index (κ2) is 7.26. The lowest BCUT2D eigenvalue weighted by molar-refractivity contribution is 0.251. The molecule has 0 fully saturated rings. The number of imidazole rings is 1. The van der Waals surface area contributed by atoms with E-state index in [1.165, 1.54) is 0 Å². The number of benzene rings is 1. The Balaban J connectivity index is 1.44. The molecule has 118 valence electrons. The van der Waals surface area contributed by atoms with Gasteiger partial charge in [0, 0.05) is 43.6 Å². The molecule has 0 saturated carbocycles. The van der Waals surface area contributed by atoms with Crippen LogP contribution in [0.1, 0.15) is 5.56 Å². The molecule has 3 rings (SSSR count). The Morgan fingerprint density at radius 3 is 2.70 bits per heavy atom. The molecule has 3 aromatic rings. The first-order chi connectivity index (χ1) is 11.3. The molecular formula is C16H18N6O. The van der Waals surface area contributed by atoms with Crippen molar-refractivity contribution in [3.8, 4) is 0 Å². The minimum absolute atomic E-state index is 0.218. The molecule has 7 heteroatoms. The van der Waals surface area contributed by atoms with Crippen molar-refractivity contribution in [3.63, 3.8) is 0 Å². The molecule has 7 nitrogen and oxygen atoms in total. The summed E-state index contributed by atoms with van der Waals surface area (Å²) in [4.78, 5) is 15.8. The van der Waals surface area contributed by atoms with Crippen molar-refractivity contribution in [2.24, 2.45) is 0 Å². The second-order valence-electron chi connectivity index (χ2n) is 5.08. The maximum atomic E-state index is 11.8. The van der Waals surface area contributed by atoms with Crippen molar-refractivity contribution in [2.75, 3.05) is 11.9 Å². The Hall–Kier alpha value is -3.09. The van der Waals surface area contributed by atoms with Crippen LogP contribution in [0, 0.1) is 0 Å². The van der Waals surface area contributed by atoms with Gasteiger partial charge in [-0.3, -0.25) is 4.68 Å². The molecule has 0 spiro atoms. The Morgan fingerprint density at radius 2 is 2.00 bits per heavy atom. The van der Waals surface area contributed by atoms with E-state index in [1.807, 2.05) is 52.0 Å². The van der Waals surface area contributed by atoms with Crippen molar-refractivity contribution in [1.29, 1.82) is 0 Å². The van der Waals surface area contributed by atoms with E-state index in [0.29, 0.717) is 19.6 Å². The molecule has 23 heavy (non-hydrogen) atoms. The van der Waals surface area contributed by atoms with E-state index >= 15 is 0 Å². The van der Waals surface area contributed by atoms with Crippen LogP contribution < -0.4 is 10.6 Å². The van der Waals surface area contributed by atoms with E-state index in [9.17, 15) is 4.79 Å². The molecule has 0 radical (unpaired) electrons. The normalized spacial score (nSPS) is 10.4. The van der Waals surface area contributed by atoms with Crippen LogP contribution in [0.4, 0.5) is 10.5 Å². The average Bonchev–Trinajstić information content (AvgIpc) is 3.23. The number of carbonyl (C=O) groups excluding carboxylic acids is 1. The highest BCUT2D eigenvalue weighted by atomic mass is 16.2. The standard InChI is InChI=1S/C16H18N6O/c23-16(18-8-11-21-10-7-17-13-21)20-15-4-2-14(3-5-15)12-22-9-1-6-19-22/h1-7,9-10,13H,8,11-12H2,(H2,18,20,23). The smallest absolute Gasteiger partial charge is 0.319 e. The molecule has 1 aromatic carbocycles. The molecule has 0 aliphatic heterocycles. The van der Waals surface area contributed by atoms with E-state index in [0.717, 1.165) is 11.3 Å². The summed E-state index contributed by atoms with van der Waals surface area (Å²) >= 11 is 0. The molecule has 0 aliphatic rings. The zero-order valence-electron chi connectivity index (χ0n) is 12.6. The maximum Gasteiger partial charge on any atom is 0.319 e. The summed E-state index contributed by atoms with van der Waals surface area (Å²) < 4.78 is 3.76. The molecule has 0 saturated heterocycles. The predicted octanol–water partition coefficient (Wildman–Crippen LogP) is 1.95. The van der Waals surface area contributed by atoms with Gasteiger partial charge in [0.15, 0.2) is 0 Å². The number of rotatable bonds is 6. The first-order valence-electron chi connectivity index (χ1n) is 7.36. The van der Waals surface area contributed by atoms with Crippen LogP contribution in [0.15, 0.2) is 61.4 Å². The summed E-state index contributed by atoms with van der Waals surface area (Å²) in [6.45, 7) is 1.94. The van der Waals surface area contributed by atoms with E-state index in [-0.39, 0.29) is 6.03 Å². The summed E-state index contributed by atoms with van der Waals surface area (Å²) in [6.07, 6.45) is 8.96. The van der Waals surface area contributed by atoms with Gasteiger partial charge in [-0.1, -0.05) is 12.1 Å². The third-order valence-electron chi connectivity index (χ3n) is 3.33. The van der Waals surface area contributed by atoms with Crippen LogP contribution >= 0.6 is 0 Å².